The summed E-state index contributed by atoms with van der Waals surface area (Å²) < 4.78 is 0. The molecule has 0 atom stereocenters. The highest BCUT2D eigenvalue weighted by Crippen LogP contribution is 2.28. The van der Waals surface area contributed by atoms with Crippen LogP contribution in [0.5, 0.6) is 0 Å². The van der Waals surface area contributed by atoms with Crippen molar-refractivity contribution in [1.29, 1.82) is 10.5 Å². The van der Waals surface area contributed by atoms with Gasteiger partial charge in [-0.3, -0.25) is 10.1 Å². The molecule has 0 aliphatic carbocycles. The highest BCUT2D eigenvalue weighted by Gasteiger charge is 2.16. The Morgan fingerprint density at radius 3 is 2.67 bits per heavy atom. The van der Waals surface area contributed by atoms with Crippen LogP contribution in [0.3, 0.4) is 0 Å². The van der Waals surface area contributed by atoms with Gasteiger partial charge < -0.3 is 10.4 Å². The average Bonchev–Trinajstić information content (AvgIpc) is 2.39. The Kier molecular flexibility index (Phi) is 4.38. The lowest BCUT2D eigenvalue weighted by Gasteiger charge is -2.07. The highest BCUT2D eigenvalue weighted by atomic mass is 16.6. The number of nitriles is 2. The van der Waals surface area contributed by atoms with Crippen molar-refractivity contribution in [2.75, 3.05) is 5.32 Å². The van der Waals surface area contributed by atoms with Gasteiger partial charge in [0.15, 0.2) is 0 Å². The molecule has 0 saturated carbocycles. The fourth-order valence-electron chi connectivity index (χ4n) is 1.27. The maximum Gasteiger partial charge on any atom is 0.293 e. The number of hydrogen-bond acceptors (Lipinski definition) is 6. The molecule has 0 aliphatic heterocycles. The Hall–Kier alpha value is -2.90. The number of nitro groups is 1. The number of para-hydroxylation sites is 1. The van der Waals surface area contributed by atoms with Gasteiger partial charge >= 0.3 is 0 Å². The van der Waals surface area contributed by atoms with E-state index in [-0.39, 0.29) is 16.9 Å². The van der Waals surface area contributed by atoms with Crippen molar-refractivity contribution >= 4 is 11.4 Å². The molecule has 7 nitrogen and oxygen atoms in total. The van der Waals surface area contributed by atoms with E-state index in [1.54, 1.807) is 12.1 Å². The molecule has 0 unspecified atom stereocenters. The van der Waals surface area contributed by atoms with E-state index < -0.39 is 11.5 Å². The van der Waals surface area contributed by atoms with Crippen LogP contribution in [0.4, 0.5) is 11.4 Å². The fraction of sp³-hybridized carbons (Fsp3) is 0.0909. The van der Waals surface area contributed by atoms with Crippen LogP contribution in [0.15, 0.2) is 30.0 Å². The van der Waals surface area contributed by atoms with Gasteiger partial charge in [-0.15, -0.1) is 0 Å². The van der Waals surface area contributed by atoms with Crippen molar-refractivity contribution in [3.05, 3.63) is 45.6 Å². The summed E-state index contributed by atoms with van der Waals surface area (Å²) in [5, 5.41) is 39.5. The number of aliphatic hydroxyl groups excluding tert-OH is 1. The summed E-state index contributed by atoms with van der Waals surface area (Å²) in [5.41, 5.74) is -0.103. The number of nitrogens with one attached hydrogen (secondary N) is 1. The Labute approximate surface area is 102 Å². The summed E-state index contributed by atoms with van der Waals surface area (Å²) >= 11 is 0. The lowest BCUT2D eigenvalue weighted by atomic mass is 10.1. The average molecular weight is 244 g/mol. The Bertz CT molecular complexity index is 565. The molecule has 0 radical (unpaired) electrons. The van der Waals surface area contributed by atoms with Crippen LogP contribution in [-0.4, -0.2) is 10.0 Å². The maximum absolute atomic E-state index is 10.8. The molecular formula is C11H8N4O3. The number of rotatable bonds is 4. The normalized spacial score (nSPS) is 8.83. The van der Waals surface area contributed by atoms with Gasteiger partial charge in [-0.25, -0.2) is 0 Å². The van der Waals surface area contributed by atoms with E-state index in [2.05, 4.69) is 5.32 Å². The largest absolute Gasteiger partial charge is 0.392 e. The van der Waals surface area contributed by atoms with Crippen LogP contribution < -0.4 is 5.32 Å². The van der Waals surface area contributed by atoms with E-state index >= 15 is 0 Å². The Balaban J connectivity index is 3.23. The van der Waals surface area contributed by atoms with Crippen LogP contribution >= 0.6 is 0 Å². The van der Waals surface area contributed by atoms with Crippen molar-refractivity contribution in [3.8, 4) is 12.1 Å². The van der Waals surface area contributed by atoms with Crippen LogP contribution in [-0.2, 0) is 6.61 Å². The zero-order valence-corrected chi connectivity index (χ0v) is 9.12. The second kappa shape index (κ2) is 5.99. The van der Waals surface area contributed by atoms with Crippen LogP contribution in [0, 0.1) is 32.8 Å². The molecule has 0 fully saturated rings. The molecule has 2 N–H and O–H groups in total. The number of aliphatic hydroxyl groups is 1. The first-order valence-electron chi connectivity index (χ1n) is 4.78. The summed E-state index contributed by atoms with van der Waals surface area (Å²) in [4.78, 5) is 10.2. The summed E-state index contributed by atoms with van der Waals surface area (Å²) in [6, 6.07) is 7.42. The number of hydrogen-bond donors (Lipinski definition) is 2. The van der Waals surface area contributed by atoms with E-state index in [1.165, 1.54) is 18.2 Å². The number of nitrogens with zero attached hydrogens (tertiary/aromatic N) is 3. The second-order valence-electron chi connectivity index (χ2n) is 3.15. The smallest absolute Gasteiger partial charge is 0.293 e. The molecule has 0 aromatic heterocycles. The van der Waals surface area contributed by atoms with Gasteiger partial charge in [0.05, 0.1) is 11.5 Å². The van der Waals surface area contributed by atoms with E-state index in [0.717, 1.165) is 6.20 Å². The minimum Gasteiger partial charge on any atom is -0.392 e. The maximum atomic E-state index is 10.8. The quantitative estimate of drug-likeness (QED) is 0.469. The number of benzene rings is 1. The molecule has 18 heavy (non-hydrogen) atoms. The van der Waals surface area contributed by atoms with Crippen LogP contribution in [0.1, 0.15) is 5.56 Å². The minimum atomic E-state index is -0.617. The van der Waals surface area contributed by atoms with Gasteiger partial charge in [-0.2, -0.15) is 10.5 Å². The molecule has 1 aromatic rings. The number of anilines is 1. The summed E-state index contributed by atoms with van der Waals surface area (Å²) in [7, 11) is 0. The molecule has 1 aromatic carbocycles. The Morgan fingerprint density at radius 1 is 1.50 bits per heavy atom. The third-order valence-electron chi connectivity index (χ3n) is 2.10. The lowest BCUT2D eigenvalue weighted by molar-refractivity contribution is -0.384. The molecule has 7 heteroatoms. The molecular weight excluding hydrogens is 236 g/mol. The zero-order valence-electron chi connectivity index (χ0n) is 9.12. The van der Waals surface area contributed by atoms with Crippen molar-refractivity contribution in [2.24, 2.45) is 0 Å². The van der Waals surface area contributed by atoms with E-state index in [9.17, 15) is 10.1 Å². The SMILES string of the molecule is N#CC(C#N)=CNc1c(CO)cccc1[N+](=O)[O-]. The topological polar surface area (TPSA) is 123 Å². The highest BCUT2D eigenvalue weighted by molar-refractivity contribution is 5.68. The van der Waals surface area contributed by atoms with Crippen molar-refractivity contribution in [1.82, 2.24) is 0 Å². The van der Waals surface area contributed by atoms with Crippen molar-refractivity contribution < 1.29 is 10.0 Å². The van der Waals surface area contributed by atoms with Gasteiger partial charge in [-0.1, -0.05) is 12.1 Å². The molecule has 0 amide bonds. The molecule has 90 valence electrons. The van der Waals surface area contributed by atoms with Crippen molar-refractivity contribution in [2.45, 2.75) is 6.61 Å². The van der Waals surface area contributed by atoms with Gasteiger partial charge in [0.1, 0.15) is 23.4 Å². The standard InChI is InChI=1S/C11H8N4O3/c12-4-8(5-13)6-14-11-9(7-16)2-1-3-10(11)15(17)18/h1-3,6,14,16H,7H2. The monoisotopic (exact) mass is 244 g/mol. The van der Waals surface area contributed by atoms with Crippen LogP contribution in [0.25, 0.3) is 0 Å². The first-order chi connectivity index (χ1) is 8.63. The lowest BCUT2D eigenvalue weighted by Crippen LogP contribution is -2.01. The predicted octanol–water partition coefficient (Wildman–Crippen LogP) is 1.43. The molecule has 0 bridgehead atoms. The molecule has 1 rings (SSSR count). The summed E-state index contributed by atoms with van der Waals surface area (Å²) in [6.07, 6.45) is 1.06. The predicted molar refractivity (Wildman–Crippen MR) is 62.0 cm³/mol. The number of allylic oxidation sites excluding steroid dienone is 1. The van der Waals surface area contributed by atoms with Gasteiger partial charge in [-0.05, 0) is 0 Å². The minimum absolute atomic E-state index is 0.0630. The second-order valence-corrected chi connectivity index (χ2v) is 3.15. The molecule has 0 spiro atoms. The summed E-state index contributed by atoms with van der Waals surface area (Å²) in [6.45, 7) is -0.397. The molecule has 0 saturated heterocycles. The number of nitro benzene ring substituents is 1. The van der Waals surface area contributed by atoms with Gasteiger partial charge in [0.25, 0.3) is 5.69 Å². The van der Waals surface area contributed by atoms with Crippen molar-refractivity contribution in [3.63, 3.8) is 0 Å². The van der Waals surface area contributed by atoms with E-state index in [1.807, 2.05) is 0 Å². The Morgan fingerprint density at radius 2 is 2.17 bits per heavy atom. The summed E-state index contributed by atoms with van der Waals surface area (Å²) in [5.74, 6) is 0. The molecule has 0 aliphatic rings. The third-order valence-corrected chi connectivity index (χ3v) is 2.10. The van der Waals surface area contributed by atoms with Crippen LogP contribution in [0.2, 0.25) is 0 Å². The third kappa shape index (κ3) is 2.82. The van der Waals surface area contributed by atoms with E-state index in [4.69, 9.17) is 15.6 Å². The zero-order chi connectivity index (χ0) is 13.5. The van der Waals surface area contributed by atoms with Gasteiger partial charge in [0.2, 0.25) is 0 Å². The first-order valence-corrected chi connectivity index (χ1v) is 4.78. The fourth-order valence-corrected chi connectivity index (χ4v) is 1.27. The first kappa shape index (κ1) is 13.2. The van der Waals surface area contributed by atoms with Gasteiger partial charge in [0, 0.05) is 17.8 Å². The van der Waals surface area contributed by atoms with E-state index in [0.29, 0.717) is 5.56 Å². The molecule has 0 heterocycles.